The highest BCUT2D eigenvalue weighted by Crippen LogP contribution is 2.29. The zero-order chi connectivity index (χ0) is 24.7. The van der Waals surface area contributed by atoms with Crippen molar-refractivity contribution in [2.75, 3.05) is 40.5 Å². The summed E-state index contributed by atoms with van der Waals surface area (Å²) in [7, 11) is -0.436. The highest BCUT2D eigenvalue weighted by molar-refractivity contribution is 7.89. The van der Waals surface area contributed by atoms with Crippen molar-refractivity contribution in [3.8, 4) is 17.2 Å². The molecule has 0 saturated carbocycles. The van der Waals surface area contributed by atoms with E-state index in [1.54, 1.807) is 38.5 Å². The van der Waals surface area contributed by atoms with Gasteiger partial charge in [-0.05, 0) is 68.7 Å². The van der Waals surface area contributed by atoms with Crippen molar-refractivity contribution in [3.05, 3.63) is 48.0 Å². The van der Waals surface area contributed by atoms with Crippen molar-refractivity contribution in [2.45, 2.75) is 38.1 Å². The summed E-state index contributed by atoms with van der Waals surface area (Å²) in [6, 6.07) is 12.1. The predicted octanol–water partition coefficient (Wildman–Crippen LogP) is 3.55. The smallest absolute Gasteiger partial charge is 0.243 e. The predicted molar refractivity (Wildman–Crippen MR) is 130 cm³/mol. The average Bonchev–Trinajstić information content (AvgIpc) is 2.87. The van der Waals surface area contributed by atoms with Crippen molar-refractivity contribution >= 4 is 15.9 Å². The summed E-state index contributed by atoms with van der Waals surface area (Å²) in [6.45, 7) is 6.01. The standard InChI is InChI=1S/C25H34N2O6S/c1-5-26(18-19-7-12-23(31-3)24(17-19)32-4)25(28)20-13-15-27(16-14-20)34(29,30)22-10-8-21(9-11-22)33-6-2/h7-12,17,20H,5-6,13-16,18H2,1-4H3. The Kier molecular flexibility index (Phi) is 8.79. The number of hydrogen-bond acceptors (Lipinski definition) is 6. The van der Waals surface area contributed by atoms with Gasteiger partial charge in [0.1, 0.15) is 5.75 Å². The molecule has 9 heteroatoms. The molecule has 0 aliphatic carbocycles. The van der Waals surface area contributed by atoms with E-state index in [1.165, 1.54) is 4.31 Å². The van der Waals surface area contributed by atoms with Crippen molar-refractivity contribution in [2.24, 2.45) is 5.92 Å². The third-order valence-corrected chi connectivity index (χ3v) is 8.00. The van der Waals surface area contributed by atoms with Crippen molar-refractivity contribution in [1.29, 1.82) is 0 Å². The molecule has 1 aliphatic heterocycles. The summed E-state index contributed by atoms with van der Waals surface area (Å²) >= 11 is 0. The normalized spacial score (nSPS) is 15.1. The maximum atomic E-state index is 13.2. The summed E-state index contributed by atoms with van der Waals surface area (Å²) < 4.78 is 43.6. The van der Waals surface area contributed by atoms with Crippen LogP contribution in [0.5, 0.6) is 17.2 Å². The molecule has 1 saturated heterocycles. The first-order valence-corrected chi connectivity index (χ1v) is 13.0. The van der Waals surface area contributed by atoms with E-state index in [2.05, 4.69) is 0 Å². The Hall–Kier alpha value is -2.78. The van der Waals surface area contributed by atoms with Crippen LogP contribution >= 0.6 is 0 Å². The van der Waals surface area contributed by atoms with Crippen LogP contribution in [0.4, 0.5) is 0 Å². The lowest BCUT2D eigenvalue weighted by Crippen LogP contribution is -2.44. The number of piperidine rings is 1. The van der Waals surface area contributed by atoms with Crippen LogP contribution in [0.15, 0.2) is 47.4 Å². The minimum Gasteiger partial charge on any atom is -0.494 e. The molecule has 0 aromatic heterocycles. The van der Waals surface area contributed by atoms with Gasteiger partial charge in [0.05, 0.1) is 25.7 Å². The van der Waals surface area contributed by atoms with Gasteiger partial charge in [0.2, 0.25) is 15.9 Å². The van der Waals surface area contributed by atoms with E-state index in [-0.39, 0.29) is 16.7 Å². The topological polar surface area (TPSA) is 85.4 Å². The summed E-state index contributed by atoms with van der Waals surface area (Å²) in [5, 5.41) is 0. The van der Waals surface area contributed by atoms with E-state index in [9.17, 15) is 13.2 Å². The van der Waals surface area contributed by atoms with Gasteiger partial charge in [0.15, 0.2) is 11.5 Å². The lowest BCUT2D eigenvalue weighted by molar-refractivity contribution is -0.137. The molecule has 34 heavy (non-hydrogen) atoms. The number of hydrogen-bond donors (Lipinski definition) is 0. The molecule has 0 unspecified atom stereocenters. The highest BCUT2D eigenvalue weighted by atomic mass is 32.2. The molecule has 186 valence electrons. The maximum absolute atomic E-state index is 13.2. The van der Waals surface area contributed by atoms with Crippen LogP contribution in [0.1, 0.15) is 32.3 Å². The largest absolute Gasteiger partial charge is 0.494 e. The van der Waals surface area contributed by atoms with Crippen LogP contribution in [0.2, 0.25) is 0 Å². The number of carbonyl (C=O) groups excluding carboxylic acids is 1. The molecule has 8 nitrogen and oxygen atoms in total. The number of ether oxygens (including phenoxy) is 3. The van der Waals surface area contributed by atoms with E-state index in [1.807, 2.05) is 36.9 Å². The zero-order valence-electron chi connectivity index (χ0n) is 20.3. The highest BCUT2D eigenvalue weighted by Gasteiger charge is 2.33. The van der Waals surface area contributed by atoms with Gasteiger partial charge in [-0.3, -0.25) is 4.79 Å². The van der Waals surface area contributed by atoms with Gasteiger partial charge < -0.3 is 19.1 Å². The Bertz CT molecular complexity index is 1060. The molecule has 1 amide bonds. The molecular formula is C25H34N2O6S. The molecule has 3 rings (SSSR count). The Balaban J connectivity index is 1.62. The summed E-state index contributed by atoms with van der Waals surface area (Å²) in [5.74, 6) is 1.75. The molecule has 1 aliphatic rings. The van der Waals surface area contributed by atoms with E-state index in [0.29, 0.717) is 62.9 Å². The quantitative estimate of drug-likeness (QED) is 0.506. The number of carbonyl (C=O) groups is 1. The number of rotatable bonds is 10. The fourth-order valence-electron chi connectivity index (χ4n) is 4.17. The second-order valence-electron chi connectivity index (χ2n) is 8.12. The number of sulfonamides is 1. The fraction of sp³-hybridized carbons (Fsp3) is 0.480. The van der Waals surface area contributed by atoms with Crippen LogP contribution < -0.4 is 14.2 Å². The first kappa shape index (κ1) is 25.8. The molecule has 0 spiro atoms. The molecule has 1 heterocycles. The zero-order valence-corrected chi connectivity index (χ0v) is 21.1. The van der Waals surface area contributed by atoms with Crippen LogP contribution in [0.25, 0.3) is 0 Å². The SMILES string of the molecule is CCOc1ccc(S(=O)(=O)N2CCC(C(=O)N(CC)Cc3ccc(OC)c(OC)c3)CC2)cc1. The Morgan fingerprint density at radius 2 is 1.65 bits per heavy atom. The first-order chi connectivity index (χ1) is 16.3. The lowest BCUT2D eigenvalue weighted by Gasteiger charge is -2.33. The second kappa shape index (κ2) is 11.6. The second-order valence-corrected chi connectivity index (χ2v) is 10.1. The van der Waals surface area contributed by atoms with Crippen LogP contribution in [0, 0.1) is 5.92 Å². The molecule has 0 radical (unpaired) electrons. The van der Waals surface area contributed by atoms with E-state index in [4.69, 9.17) is 14.2 Å². The van der Waals surface area contributed by atoms with Crippen molar-refractivity contribution in [3.63, 3.8) is 0 Å². The number of benzene rings is 2. The molecule has 0 atom stereocenters. The Morgan fingerprint density at radius 3 is 2.21 bits per heavy atom. The van der Waals surface area contributed by atoms with Gasteiger partial charge in [-0.2, -0.15) is 4.31 Å². The van der Waals surface area contributed by atoms with E-state index >= 15 is 0 Å². The maximum Gasteiger partial charge on any atom is 0.243 e. The minimum atomic E-state index is -3.60. The summed E-state index contributed by atoms with van der Waals surface area (Å²) in [5.41, 5.74) is 0.948. The average molecular weight is 491 g/mol. The first-order valence-electron chi connectivity index (χ1n) is 11.6. The van der Waals surface area contributed by atoms with Gasteiger partial charge >= 0.3 is 0 Å². The third kappa shape index (κ3) is 5.82. The van der Waals surface area contributed by atoms with Gasteiger partial charge in [-0.15, -0.1) is 0 Å². The van der Waals surface area contributed by atoms with Crippen molar-refractivity contribution in [1.82, 2.24) is 9.21 Å². The van der Waals surface area contributed by atoms with E-state index in [0.717, 1.165) is 5.56 Å². The molecule has 0 N–H and O–H groups in total. The van der Waals surface area contributed by atoms with Crippen LogP contribution in [-0.2, 0) is 21.4 Å². The molecular weight excluding hydrogens is 456 g/mol. The molecule has 0 bridgehead atoms. The lowest BCUT2D eigenvalue weighted by atomic mass is 9.96. The number of nitrogens with zero attached hydrogens (tertiary/aromatic N) is 2. The Labute approximate surface area is 202 Å². The van der Waals surface area contributed by atoms with Gasteiger partial charge in [-0.1, -0.05) is 6.07 Å². The monoisotopic (exact) mass is 490 g/mol. The number of amides is 1. The summed E-state index contributed by atoms with van der Waals surface area (Å²) in [6.07, 6.45) is 0.995. The van der Waals surface area contributed by atoms with E-state index < -0.39 is 10.0 Å². The fourth-order valence-corrected chi connectivity index (χ4v) is 5.64. The van der Waals surface area contributed by atoms with Gasteiger partial charge in [0, 0.05) is 32.1 Å². The third-order valence-electron chi connectivity index (χ3n) is 6.09. The van der Waals surface area contributed by atoms with Gasteiger partial charge in [0.25, 0.3) is 0 Å². The minimum absolute atomic E-state index is 0.0513. The molecule has 2 aromatic carbocycles. The van der Waals surface area contributed by atoms with Crippen LogP contribution in [-0.4, -0.2) is 64.0 Å². The molecule has 2 aromatic rings. The molecule has 1 fully saturated rings. The summed E-state index contributed by atoms with van der Waals surface area (Å²) in [4.78, 5) is 15.3. The van der Waals surface area contributed by atoms with Gasteiger partial charge in [-0.25, -0.2) is 8.42 Å². The van der Waals surface area contributed by atoms with Crippen LogP contribution in [0.3, 0.4) is 0 Å². The van der Waals surface area contributed by atoms with Crippen molar-refractivity contribution < 1.29 is 27.4 Å². The Morgan fingerprint density at radius 1 is 1.00 bits per heavy atom. The number of methoxy groups -OCH3 is 2.